The number of benzene rings is 1. The monoisotopic (exact) mass is 402 g/mol. The maximum atomic E-state index is 12.4. The molecule has 5 nitrogen and oxygen atoms in total. The summed E-state index contributed by atoms with van der Waals surface area (Å²) in [5.74, 6) is 0.529. The number of carbonyl (C=O) groups excluding carboxylic acids is 1. The molecule has 8 heteroatoms. The van der Waals surface area contributed by atoms with E-state index < -0.39 is 0 Å². The van der Waals surface area contributed by atoms with E-state index >= 15 is 0 Å². The standard InChI is InChI=1S/C18H15ClN4OS2/c1-10-5-6-13(19)17-16(10)21-18(26-17)23-14(8-11(2)22-23)20-15(24)9-12-4-3-7-25-12/h3-8H,9H2,1-2H3,(H,20,24). The molecule has 0 aliphatic carbocycles. The number of anilines is 1. The van der Waals surface area contributed by atoms with Gasteiger partial charge in [0.05, 0.1) is 27.4 Å². The number of amides is 1. The average Bonchev–Trinajstić information content (AvgIpc) is 3.31. The predicted octanol–water partition coefficient (Wildman–Crippen LogP) is 4.99. The maximum Gasteiger partial charge on any atom is 0.230 e. The van der Waals surface area contributed by atoms with E-state index in [0.29, 0.717) is 22.4 Å². The third kappa shape index (κ3) is 3.25. The number of hydrogen-bond donors (Lipinski definition) is 1. The molecule has 3 heterocycles. The van der Waals surface area contributed by atoms with Crippen LogP contribution in [0.1, 0.15) is 16.1 Å². The minimum absolute atomic E-state index is 0.0797. The third-order valence-electron chi connectivity index (χ3n) is 3.88. The normalized spacial score (nSPS) is 11.2. The van der Waals surface area contributed by atoms with Gasteiger partial charge in [-0.25, -0.2) is 4.98 Å². The number of fused-ring (bicyclic) bond motifs is 1. The van der Waals surface area contributed by atoms with E-state index in [1.165, 1.54) is 11.3 Å². The first-order chi connectivity index (χ1) is 12.5. The summed E-state index contributed by atoms with van der Waals surface area (Å²) in [6.45, 7) is 3.89. The molecular weight excluding hydrogens is 388 g/mol. The molecule has 0 fully saturated rings. The van der Waals surface area contributed by atoms with Crippen LogP contribution in [0.25, 0.3) is 15.3 Å². The number of nitrogens with one attached hydrogen (secondary N) is 1. The quantitative estimate of drug-likeness (QED) is 0.522. The van der Waals surface area contributed by atoms with Gasteiger partial charge in [0.15, 0.2) is 0 Å². The lowest BCUT2D eigenvalue weighted by Gasteiger charge is -2.05. The van der Waals surface area contributed by atoms with Gasteiger partial charge in [-0.2, -0.15) is 9.78 Å². The van der Waals surface area contributed by atoms with Crippen LogP contribution in [-0.2, 0) is 11.2 Å². The van der Waals surface area contributed by atoms with Gasteiger partial charge in [-0.1, -0.05) is 35.1 Å². The molecule has 0 aliphatic rings. The summed E-state index contributed by atoms with van der Waals surface area (Å²) < 4.78 is 2.59. The number of aryl methyl sites for hydroxylation is 2. The number of thiophene rings is 1. The van der Waals surface area contributed by atoms with Crippen molar-refractivity contribution in [3.63, 3.8) is 0 Å². The summed E-state index contributed by atoms with van der Waals surface area (Å²) >= 11 is 9.34. The first kappa shape index (κ1) is 17.2. The SMILES string of the molecule is Cc1cc(NC(=O)Cc2cccs2)n(-c2nc3c(C)ccc(Cl)c3s2)n1. The predicted molar refractivity (Wildman–Crippen MR) is 108 cm³/mol. The van der Waals surface area contributed by atoms with E-state index in [1.54, 1.807) is 16.0 Å². The summed E-state index contributed by atoms with van der Waals surface area (Å²) in [5.41, 5.74) is 2.72. The summed E-state index contributed by atoms with van der Waals surface area (Å²) in [6, 6.07) is 9.55. The third-order valence-corrected chi connectivity index (χ3v) is 6.25. The fraction of sp³-hybridized carbons (Fsp3) is 0.167. The van der Waals surface area contributed by atoms with Crippen LogP contribution < -0.4 is 5.32 Å². The number of rotatable bonds is 4. The van der Waals surface area contributed by atoms with Gasteiger partial charge in [0, 0.05) is 10.9 Å². The lowest BCUT2D eigenvalue weighted by Crippen LogP contribution is -2.16. The van der Waals surface area contributed by atoms with Gasteiger partial charge in [0.1, 0.15) is 5.82 Å². The fourth-order valence-corrected chi connectivity index (χ4v) is 4.66. The highest BCUT2D eigenvalue weighted by Crippen LogP contribution is 2.34. The van der Waals surface area contributed by atoms with Crippen LogP contribution >= 0.6 is 34.3 Å². The molecule has 1 amide bonds. The van der Waals surface area contributed by atoms with Crippen molar-refractivity contribution >= 4 is 56.2 Å². The van der Waals surface area contributed by atoms with Crippen LogP contribution in [0.4, 0.5) is 5.82 Å². The number of thiazole rings is 1. The van der Waals surface area contributed by atoms with Gasteiger partial charge in [-0.05, 0) is 36.9 Å². The molecule has 0 aliphatic heterocycles. The Morgan fingerprint density at radius 2 is 2.15 bits per heavy atom. The largest absolute Gasteiger partial charge is 0.310 e. The Morgan fingerprint density at radius 3 is 2.88 bits per heavy atom. The lowest BCUT2D eigenvalue weighted by molar-refractivity contribution is -0.115. The second kappa shape index (κ2) is 6.83. The van der Waals surface area contributed by atoms with Gasteiger partial charge in [0.2, 0.25) is 11.0 Å². The van der Waals surface area contributed by atoms with E-state index in [-0.39, 0.29) is 5.91 Å². The van der Waals surface area contributed by atoms with Crippen LogP contribution in [0.3, 0.4) is 0 Å². The first-order valence-electron chi connectivity index (χ1n) is 7.96. The Morgan fingerprint density at radius 1 is 1.31 bits per heavy atom. The van der Waals surface area contributed by atoms with Crippen molar-refractivity contribution in [1.82, 2.24) is 14.8 Å². The van der Waals surface area contributed by atoms with Gasteiger partial charge in [-0.15, -0.1) is 11.3 Å². The van der Waals surface area contributed by atoms with E-state index in [0.717, 1.165) is 26.4 Å². The molecule has 0 atom stereocenters. The molecule has 26 heavy (non-hydrogen) atoms. The molecule has 1 aromatic carbocycles. The molecule has 4 aromatic rings. The molecule has 4 rings (SSSR count). The number of nitrogens with zero attached hydrogens (tertiary/aromatic N) is 3. The summed E-state index contributed by atoms with van der Waals surface area (Å²) in [5, 5.41) is 10.7. The van der Waals surface area contributed by atoms with Gasteiger partial charge >= 0.3 is 0 Å². The van der Waals surface area contributed by atoms with Crippen molar-refractivity contribution in [2.24, 2.45) is 0 Å². The minimum Gasteiger partial charge on any atom is -0.310 e. The Labute approximate surface area is 163 Å². The average molecular weight is 403 g/mol. The van der Waals surface area contributed by atoms with Gasteiger partial charge in [0.25, 0.3) is 0 Å². The molecule has 0 saturated heterocycles. The highest BCUT2D eigenvalue weighted by atomic mass is 35.5. The van der Waals surface area contributed by atoms with Crippen LogP contribution in [0.15, 0.2) is 35.7 Å². The Bertz CT molecular complexity index is 1060. The molecule has 0 unspecified atom stereocenters. The number of aromatic nitrogens is 3. The van der Waals surface area contributed by atoms with E-state index in [4.69, 9.17) is 11.6 Å². The second-order valence-electron chi connectivity index (χ2n) is 5.93. The first-order valence-corrected chi connectivity index (χ1v) is 10.0. The number of halogens is 1. The molecule has 0 bridgehead atoms. The topological polar surface area (TPSA) is 59.8 Å². The maximum absolute atomic E-state index is 12.4. The second-order valence-corrected chi connectivity index (χ2v) is 8.34. The van der Waals surface area contributed by atoms with Crippen LogP contribution in [0.2, 0.25) is 5.02 Å². The summed E-state index contributed by atoms with van der Waals surface area (Å²) in [4.78, 5) is 18.1. The molecule has 132 valence electrons. The molecule has 0 spiro atoms. The zero-order chi connectivity index (χ0) is 18.3. The van der Waals surface area contributed by atoms with Crippen molar-refractivity contribution in [3.05, 3.63) is 56.9 Å². The van der Waals surface area contributed by atoms with E-state index in [9.17, 15) is 4.79 Å². The lowest BCUT2D eigenvalue weighted by atomic mass is 10.2. The molecule has 1 N–H and O–H groups in total. The van der Waals surface area contributed by atoms with E-state index in [1.807, 2.05) is 49.6 Å². The smallest absolute Gasteiger partial charge is 0.230 e. The summed E-state index contributed by atoms with van der Waals surface area (Å²) in [6.07, 6.45) is 0.340. The minimum atomic E-state index is -0.0797. The Hall–Kier alpha value is -2.22. The summed E-state index contributed by atoms with van der Waals surface area (Å²) in [7, 11) is 0. The molecular formula is C18H15ClN4OS2. The van der Waals surface area contributed by atoms with Crippen LogP contribution in [0.5, 0.6) is 0 Å². The zero-order valence-corrected chi connectivity index (χ0v) is 16.5. The van der Waals surface area contributed by atoms with Gasteiger partial charge < -0.3 is 5.32 Å². The highest BCUT2D eigenvalue weighted by Gasteiger charge is 2.16. The van der Waals surface area contributed by atoms with Crippen LogP contribution in [-0.4, -0.2) is 20.7 Å². The van der Waals surface area contributed by atoms with E-state index in [2.05, 4.69) is 15.4 Å². The fourth-order valence-electron chi connectivity index (χ4n) is 2.67. The van der Waals surface area contributed by atoms with Crippen molar-refractivity contribution in [3.8, 4) is 5.13 Å². The molecule has 0 radical (unpaired) electrons. The molecule has 3 aromatic heterocycles. The number of carbonyl (C=O) groups is 1. The van der Waals surface area contributed by atoms with Crippen molar-refractivity contribution in [2.45, 2.75) is 20.3 Å². The Kier molecular flexibility index (Phi) is 4.52. The van der Waals surface area contributed by atoms with Gasteiger partial charge in [-0.3, -0.25) is 4.79 Å². The van der Waals surface area contributed by atoms with Crippen LogP contribution in [0, 0.1) is 13.8 Å². The highest BCUT2D eigenvalue weighted by molar-refractivity contribution is 7.21. The van der Waals surface area contributed by atoms with Crippen molar-refractivity contribution < 1.29 is 4.79 Å². The molecule has 0 saturated carbocycles. The van der Waals surface area contributed by atoms with Crippen molar-refractivity contribution in [2.75, 3.05) is 5.32 Å². The Balaban J connectivity index is 1.68. The number of hydrogen-bond acceptors (Lipinski definition) is 5. The zero-order valence-electron chi connectivity index (χ0n) is 14.1. The van der Waals surface area contributed by atoms with Crippen molar-refractivity contribution in [1.29, 1.82) is 0 Å².